The van der Waals surface area contributed by atoms with Crippen LogP contribution in [0.2, 0.25) is 0 Å². The number of hydrogen-bond donors (Lipinski definition) is 0. The highest BCUT2D eigenvalue weighted by Crippen LogP contribution is 2.39. The van der Waals surface area contributed by atoms with Crippen LogP contribution in [0.1, 0.15) is 41.4 Å². The highest BCUT2D eigenvalue weighted by Gasteiger charge is 2.66. The number of ether oxygens (including phenoxy) is 5. The Labute approximate surface area is 258 Å². The maximum Gasteiger partial charge on any atom is 0.338 e. The van der Waals surface area contributed by atoms with E-state index in [0.29, 0.717) is 0 Å². The van der Waals surface area contributed by atoms with Gasteiger partial charge in [-0.3, -0.25) is 9.59 Å². The Morgan fingerprint density at radius 2 is 1.02 bits per heavy atom. The van der Waals surface area contributed by atoms with E-state index >= 15 is 0 Å². The van der Waals surface area contributed by atoms with Gasteiger partial charge in [-0.25, -0.2) is 14.4 Å². The molecule has 1 aliphatic heterocycles. The SMILES string of the molecule is CO[C@H]1O[C@@](COC(=O)c2ccccc2)(C(=O)C(=O)c2ccccc2)[C@@H](OC(=O)c2ccccc2)[C@H]1OC(=O)c1ccccc1. The number of carbonyl (C=O) groups excluding carboxylic acids is 5. The molecule has 10 heteroatoms. The van der Waals surface area contributed by atoms with E-state index in [4.69, 9.17) is 23.7 Å². The van der Waals surface area contributed by atoms with Gasteiger partial charge in [-0.1, -0.05) is 84.9 Å². The first-order valence-electron chi connectivity index (χ1n) is 13.9. The molecule has 4 aromatic carbocycles. The fraction of sp³-hybridized carbons (Fsp3) is 0.171. The van der Waals surface area contributed by atoms with Gasteiger partial charge < -0.3 is 23.7 Å². The largest absolute Gasteiger partial charge is 0.458 e. The summed E-state index contributed by atoms with van der Waals surface area (Å²) < 4.78 is 28.7. The van der Waals surface area contributed by atoms with Gasteiger partial charge in [-0.05, 0) is 36.4 Å². The molecule has 0 radical (unpaired) electrons. The molecule has 0 aromatic heterocycles. The summed E-state index contributed by atoms with van der Waals surface area (Å²) in [6, 6.07) is 31.4. The molecule has 228 valence electrons. The van der Waals surface area contributed by atoms with Crippen molar-refractivity contribution in [3.05, 3.63) is 144 Å². The molecule has 1 saturated heterocycles. The number of Topliss-reactive ketones (excluding diaryl/α,β-unsaturated/α-hetero) is 2. The summed E-state index contributed by atoms with van der Waals surface area (Å²) in [6.45, 7) is -0.885. The first-order valence-corrected chi connectivity index (χ1v) is 13.9. The molecule has 0 bridgehead atoms. The highest BCUT2D eigenvalue weighted by atomic mass is 16.7. The van der Waals surface area contributed by atoms with E-state index in [1.165, 1.54) is 55.6 Å². The van der Waals surface area contributed by atoms with Crippen LogP contribution in [0, 0.1) is 0 Å². The molecule has 0 amide bonds. The van der Waals surface area contributed by atoms with Crippen molar-refractivity contribution in [2.24, 2.45) is 0 Å². The van der Waals surface area contributed by atoms with Crippen LogP contribution in [0.15, 0.2) is 121 Å². The van der Waals surface area contributed by atoms with Crippen molar-refractivity contribution < 1.29 is 47.7 Å². The van der Waals surface area contributed by atoms with Crippen molar-refractivity contribution in [2.75, 3.05) is 13.7 Å². The third-order valence-electron chi connectivity index (χ3n) is 7.13. The van der Waals surface area contributed by atoms with E-state index in [0.717, 1.165) is 0 Å². The third kappa shape index (κ3) is 6.72. The lowest BCUT2D eigenvalue weighted by Gasteiger charge is -2.32. The highest BCUT2D eigenvalue weighted by molar-refractivity contribution is 6.46. The molecule has 10 nitrogen and oxygen atoms in total. The first-order chi connectivity index (χ1) is 21.8. The lowest BCUT2D eigenvalue weighted by atomic mass is 9.86. The summed E-state index contributed by atoms with van der Waals surface area (Å²) >= 11 is 0. The van der Waals surface area contributed by atoms with Crippen molar-refractivity contribution in [1.82, 2.24) is 0 Å². The summed E-state index contributed by atoms with van der Waals surface area (Å²) in [6.07, 6.45) is -4.89. The van der Waals surface area contributed by atoms with Crippen LogP contribution in [0.4, 0.5) is 0 Å². The van der Waals surface area contributed by atoms with Crippen molar-refractivity contribution in [2.45, 2.75) is 24.1 Å². The van der Waals surface area contributed by atoms with Gasteiger partial charge in [0.15, 0.2) is 18.5 Å². The summed E-state index contributed by atoms with van der Waals surface area (Å²) in [5.74, 6) is -4.82. The molecule has 0 N–H and O–H groups in total. The minimum atomic E-state index is -2.48. The molecule has 0 unspecified atom stereocenters. The van der Waals surface area contributed by atoms with Crippen molar-refractivity contribution in [1.29, 1.82) is 0 Å². The molecule has 0 saturated carbocycles. The summed E-state index contributed by atoms with van der Waals surface area (Å²) in [4.78, 5) is 67.6. The molecule has 5 rings (SSSR count). The van der Waals surface area contributed by atoms with Crippen molar-refractivity contribution in [3.63, 3.8) is 0 Å². The number of rotatable bonds is 11. The van der Waals surface area contributed by atoms with E-state index in [1.807, 2.05) is 0 Å². The predicted octanol–water partition coefficient (Wildman–Crippen LogP) is 4.49. The molecule has 1 fully saturated rings. The Balaban J connectivity index is 1.59. The summed E-state index contributed by atoms with van der Waals surface area (Å²) in [5, 5.41) is 0. The number of methoxy groups -OCH3 is 1. The van der Waals surface area contributed by atoms with Gasteiger partial charge in [0.1, 0.15) is 6.61 Å². The smallest absolute Gasteiger partial charge is 0.338 e. The molecular formula is C35H28O10. The molecule has 4 atom stereocenters. The number of hydrogen-bond acceptors (Lipinski definition) is 10. The second-order valence-corrected chi connectivity index (χ2v) is 10.0. The van der Waals surface area contributed by atoms with Gasteiger partial charge >= 0.3 is 17.9 Å². The Hall–Kier alpha value is -5.45. The lowest BCUT2D eigenvalue weighted by Crippen LogP contribution is -2.58. The van der Waals surface area contributed by atoms with Crippen LogP contribution in [0.25, 0.3) is 0 Å². The van der Waals surface area contributed by atoms with E-state index < -0.39 is 60.2 Å². The second kappa shape index (κ2) is 13.9. The van der Waals surface area contributed by atoms with Gasteiger partial charge in [0.05, 0.1) is 16.7 Å². The molecule has 45 heavy (non-hydrogen) atoms. The monoisotopic (exact) mass is 608 g/mol. The van der Waals surface area contributed by atoms with Crippen LogP contribution in [0.3, 0.4) is 0 Å². The number of carbonyl (C=O) groups is 5. The van der Waals surface area contributed by atoms with Crippen molar-refractivity contribution in [3.8, 4) is 0 Å². The Kier molecular flexibility index (Phi) is 9.57. The zero-order valence-corrected chi connectivity index (χ0v) is 24.1. The van der Waals surface area contributed by atoms with Crippen LogP contribution in [-0.4, -0.2) is 67.3 Å². The second-order valence-electron chi connectivity index (χ2n) is 10.0. The maximum atomic E-state index is 14.3. The summed E-state index contributed by atoms with van der Waals surface area (Å²) in [7, 11) is 1.22. The van der Waals surface area contributed by atoms with Crippen LogP contribution >= 0.6 is 0 Å². The van der Waals surface area contributed by atoms with Gasteiger partial charge in [-0.15, -0.1) is 0 Å². The van der Waals surface area contributed by atoms with Gasteiger partial charge in [-0.2, -0.15) is 0 Å². The molecule has 4 aromatic rings. The van der Waals surface area contributed by atoms with E-state index in [1.54, 1.807) is 72.8 Å². The minimum Gasteiger partial charge on any atom is -0.458 e. The third-order valence-corrected chi connectivity index (χ3v) is 7.13. The quantitative estimate of drug-likeness (QED) is 0.104. The van der Waals surface area contributed by atoms with Gasteiger partial charge in [0.2, 0.25) is 17.2 Å². The van der Waals surface area contributed by atoms with E-state index in [9.17, 15) is 24.0 Å². The van der Waals surface area contributed by atoms with E-state index in [-0.39, 0.29) is 22.3 Å². The Bertz CT molecular complexity index is 1660. The lowest BCUT2D eigenvalue weighted by molar-refractivity contribution is -0.190. The fourth-order valence-electron chi connectivity index (χ4n) is 4.84. The number of ketones is 2. The zero-order valence-electron chi connectivity index (χ0n) is 24.1. The average Bonchev–Trinajstić information content (AvgIpc) is 3.40. The fourth-order valence-corrected chi connectivity index (χ4v) is 4.84. The molecule has 1 heterocycles. The average molecular weight is 609 g/mol. The number of esters is 3. The molecule has 0 spiro atoms. The topological polar surface area (TPSA) is 132 Å². The van der Waals surface area contributed by atoms with Crippen LogP contribution < -0.4 is 0 Å². The zero-order chi connectivity index (χ0) is 31.8. The minimum absolute atomic E-state index is 0.00620. The Morgan fingerprint density at radius 3 is 1.49 bits per heavy atom. The van der Waals surface area contributed by atoms with E-state index in [2.05, 4.69) is 0 Å². The Morgan fingerprint density at radius 1 is 0.600 bits per heavy atom. The molecule has 0 aliphatic carbocycles. The molecular weight excluding hydrogens is 580 g/mol. The van der Waals surface area contributed by atoms with Gasteiger partial charge in [0.25, 0.3) is 0 Å². The predicted molar refractivity (Wildman–Crippen MR) is 158 cm³/mol. The van der Waals surface area contributed by atoms with Crippen molar-refractivity contribution >= 4 is 29.5 Å². The van der Waals surface area contributed by atoms with Crippen LogP contribution in [-0.2, 0) is 28.5 Å². The number of benzene rings is 4. The normalized spacial score (nSPS) is 20.5. The standard InChI is InChI=1S/C35H28O10/c1-41-34-28(43-32(39)25-18-10-4-11-19-25)30(44-33(40)26-20-12-5-13-21-26)35(45-34,22-42-31(38)24-16-8-3-9-17-24)29(37)27(36)23-14-6-2-7-15-23/h2-21,28,30,34H,22H2,1H3/t28-,30+,34+,35+/m1/s1. The van der Waals surface area contributed by atoms with Crippen LogP contribution in [0.5, 0.6) is 0 Å². The molecule has 1 aliphatic rings. The van der Waals surface area contributed by atoms with Gasteiger partial charge in [0, 0.05) is 12.7 Å². The maximum absolute atomic E-state index is 14.3. The first kappa shape index (κ1) is 31.0. The summed E-state index contributed by atoms with van der Waals surface area (Å²) in [5.41, 5.74) is -2.07.